The van der Waals surface area contributed by atoms with E-state index in [4.69, 9.17) is 4.98 Å². The molecule has 0 spiro atoms. The van der Waals surface area contributed by atoms with E-state index in [1.165, 1.54) is 11.1 Å². The Morgan fingerprint density at radius 2 is 1.72 bits per heavy atom. The third kappa shape index (κ3) is 3.23. The van der Waals surface area contributed by atoms with Gasteiger partial charge in [0.1, 0.15) is 6.07 Å². The van der Waals surface area contributed by atoms with Gasteiger partial charge >= 0.3 is 0 Å². The van der Waals surface area contributed by atoms with E-state index in [2.05, 4.69) is 67.1 Å². The average molecular weight is 383 g/mol. The topological polar surface area (TPSA) is 55.7 Å². The van der Waals surface area contributed by atoms with Crippen LogP contribution in [0.3, 0.4) is 0 Å². The quantitative estimate of drug-likeness (QED) is 0.432. The van der Waals surface area contributed by atoms with E-state index >= 15 is 0 Å². The molecule has 0 aliphatic rings. The second-order valence-corrected chi connectivity index (χ2v) is 7.47. The summed E-state index contributed by atoms with van der Waals surface area (Å²) in [4.78, 5) is 10.8. The predicted molar refractivity (Wildman–Crippen MR) is 121 cm³/mol. The number of aromatic nitrogens is 2. The molecule has 4 nitrogen and oxygen atoms in total. The van der Waals surface area contributed by atoms with E-state index in [0.717, 1.165) is 59.2 Å². The van der Waals surface area contributed by atoms with Gasteiger partial charge < -0.3 is 9.88 Å². The van der Waals surface area contributed by atoms with Crippen LogP contribution in [0.2, 0.25) is 0 Å². The largest absolute Gasteiger partial charge is 0.370 e. The Hall–Kier alpha value is -3.32. The summed E-state index contributed by atoms with van der Waals surface area (Å²) in [5.41, 5.74) is 5.83. The zero-order chi connectivity index (χ0) is 20.4. The van der Waals surface area contributed by atoms with Crippen LogP contribution in [0, 0.1) is 18.3 Å². The van der Waals surface area contributed by atoms with Gasteiger partial charge in [0.15, 0.2) is 0 Å². The zero-order valence-electron chi connectivity index (χ0n) is 17.3. The van der Waals surface area contributed by atoms with Gasteiger partial charge in [-0.1, -0.05) is 50.2 Å². The normalized spacial score (nSPS) is 11.1. The van der Waals surface area contributed by atoms with E-state index in [0.29, 0.717) is 5.56 Å². The maximum Gasteiger partial charge on any atom is 0.101 e. The highest BCUT2D eigenvalue weighted by atomic mass is 15.1. The Bertz CT molecular complexity index is 1210. The van der Waals surface area contributed by atoms with E-state index in [-0.39, 0.29) is 0 Å². The number of benzene rings is 2. The fourth-order valence-electron chi connectivity index (χ4n) is 4.32. The van der Waals surface area contributed by atoms with Crippen molar-refractivity contribution in [2.45, 2.75) is 33.6 Å². The average Bonchev–Trinajstić information content (AvgIpc) is 3.17. The van der Waals surface area contributed by atoms with Gasteiger partial charge in [0, 0.05) is 46.5 Å². The van der Waals surface area contributed by atoms with E-state index in [9.17, 15) is 5.26 Å². The fraction of sp³-hybridized carbons (Fsp3) is 0.280. The van der Waals surface area contributed by atoms with Crippen LogP contribution >= 0.6 is 0 Å². The van der Waals surface area contributed by atoms with Crippen LogP contribution in [0.15, 0.2) is 48.7 Å². The van der Waals surface area contributed by atoms with Gasteiger partial charge in [-0.3, -0.25) is 4.98 Å². The summed E-state index contributed by atoms with van der Waals surface area (Å²) in [6.07, 6.45) is 3.98. The lowest BCUT2D eigenvalue weighted by atomic mass is 9.97. The number of nitrogens with one attached hydrogen (secondary N) is 1. The van der Waals surface area contributed by atoms with Gasteiger partial charge in [0.05, 0.1) is 22.6 Å². The Balaban J connectivity index is 2.04. The molecule has 0 atom stereocenters. The van der Waals surface area contributed by atoms with Gasteiger partial charge in [-0.25, -0.2) is 0 Å². The zero-order valence-corrected chi connectivity index (χ0v) is 17.3. The molecular formula is C25H26N4. The number of pyridine rings is 1. The van der Waals surface area contributed by atoms with Gasteiger partial charge in [0.25, 0.3) is 0 Å². The number of anilines is 1. The van der Waals surface area contributed by atoms with Gasteiger partial charge in [-0.15, -0.1) is 0 Å². The van der Waals surface area contributed by atoms with Crippen LogP contribution in [-0.2, 0) is 0 Å². The number of rotatable bonds is 6. The molecule has 4 heteroatoms. The number of nitrogens with zero attached hydrogens (tertiary/aromatic N) is 3. The van der Waals surface area contributed by atoms with E-state index < -0.39 is 0 Å². The number of H-pyrrole nitrogens is 1. The number of hydrogen-bond acceptors (Lipinski definition) is 3. The molecule has 0 radical (unpaired) electrons. The Labute approximate surface area is 171 Å². The molecule has 0 aliphatic carbocycles. The number of hydrogen-bond donors (Lipinski definition) is 1. The Morgan fingerprint density at radius 1 is 1.00 bits per heavy atom. The molecule has 0 saturated heterocycles. The predicted octanol–water partition coefficient (Wildman–Crippen LogP) is 6.19. The van der Waals surface area contributed by atoms with Crippen LogP contribution < -0.4 is 4.90 Å². The summed E-state index contributed by atoms with van der Waals surface area (Å²) < 4.78 is 0. The highest BCUT2D eigenvalue weighted by Crippen LogP contribution is 2.38. The molecule has 1 N–H and O–H groups in total. The highest BCUT2D eigenvalue weighted by molar-refractivity contribution is 6.08. The number of aromatic amines is 1. The first-order valence-electron chi connectivity index (χ1n) is 10.3. The molecule has 0 saturated carbocycles. The smallest absolute Gasteiger partial charge is 0.101 e. The lowest BCUT2D eigenvalue weighted by Crippen LogP contribution is -2.26. The SMILES string of the molecule is CCCN(CCC)c1c(C)nc(-c2cccc3[nH]cc(C#N)c23)c2ccccc12. The van der Waals surface area contributed by atoms with Crippen LogP contribution in [-0.4, -0.2) is 23.1 Å². The molecule has 4 aromatic rings. The molecule has 0 fully saturated rings. The minimum absolute atomic E-state index is 0.654. The Kier molecular flexibility index (Phi) is 5.22. The van der Waals surface area contributed by atoms with Crippen molar-refractivity contribution < 1.29 is 0 Å². The van der Waals surface area contributed by atoms with Crippen molar-refractivity contribution >= 4 is 27.4 Å². The number of fused-ring (bicyclic) bond motifs is 2. The van der Waals surface area contributed by atoms with Crippen molar-refractivity contribution in [2.24, 2.45) is 0 Å². The van der Waals surface area contributed by atoms with Crippen LogP contribution in [0.1, 0.15) is 37.9 Å². The lowest BCUT2D eigenvalue weighted by Gasteiger charge is -2.27. The second kappa shape index (κ2) is 7.97. The standard InChI is InChI=1S/C25H26N4/c1-4-13-29(14-5-2)25-17(3)28-24(19-9-6-7-10-20(19)25)21-11-8-12-22-23(21)18(15-26)16-27-22/h6-12,16,27H,4-5,13-14H2,1-3H3. The minimum atomic E-state index is 0.654. The molecule has 0 unspecified atom stereocenters. The van der Waals surface area contributed by atoms with Crippen molar-refractivity contribution in [1.29, 1.82) is 5.26 Å². The minimum Gasteiger partial charge on any atom is -0.370 e. The van der Waals surface area contributed by atoms with Crippen molar-refractivity contribution in [3.8, 4) is 17.3 Å². The fourth-order valence-corrected chi connectivity index (χ4v) is 4.32. The van der Waals surface area contributed by atoms with Crippen LogP contribution in [0.25, 0.3) is 32.9 Å². The van der Waals surface area contributed by atoms with Crippen molar-refractivity contribution in [2.75, 3.05) is 18.0 Å². The lowest BCUT2D eigenvalue weighted by molar-refractivity contribution is 0.743. The van der Waals surface area contributed by atoms with Gasteiger partial charge in [0.2, 0.25) is 0 Å². The summed E-state index contributed by atoms with van der Waals surface area (Å²) in [5.74, 6) is 0. The summed E-state index contributed by atoms with van der Waals surface area (Å²) >= 11 is 0. The summed E-state index contributed by atoms with van der Waals surface area (Å²) in [6, 6.07) is 16.9. The van der Waals surface area contributed by atoms with E-state index in [1.807, 2.05) is 12.1 Å². The maximum atomic E-state index is 9.60. The molecule has 146 valence electrons. The molecule has 0 bridgehead atoms. The van der Waals surface area contributed by atoms with Gasteiger partial charge in [-0.2, -0.15) is 5.26 Å². The number of nitriles is 1. The first-order chi connectivity index (χ1) is 14.2. The van der Waals surface area contributed by atoms with Gasteiger partial charge in [-0.05, 0) is 25.8 Å². The van der Waals surface area contributed by atoms with Crippen molar-refractivity contribution in [1.82, 2.24) is 9.97 Å². The molecule has 2 aromatic carbocycles. The molecule has 2 aromatic heterocycles. The second-order valence-electron chi connectivity index (χ2n) is 7.47. The third-order valence-corrected chi connectivity index (χ3v) is 5.44. The Morgan fingerprint density at radius 3 is 2.41 bits per heavy atom. The maximum absolute atomic E-state index is 9.60. The van der Waals surface area contributed by atoms with Crippen molar-refractivity contribution in [3.05, 3.63) is 59.9 Å². The monoisotopic (exact) mass is 382 g/mol. The van der Waals surface area contributed by atoms with Crippen molar-refractivity contribution in [3.63, 3.8) is 0 Å². The molecule has 0 aliphatic heterocycles. The number of aryl methyl sites for hydroxylation is 1. The van der Waals surface area contributed by atoms with Crippen LogP contribution in [0.5, 0.6) is 0 Å². The first kappa shape index (κ1) is 19.0. The van der Waals surface area contributed by atoms with E-state index in [1.54, 1.807) is 6.20 Å². The summed E-state index contributed by atoms with van der Waals surface area (Å²) in [5, 5.41) is 12.9. The summed E-state index contributed by atoms with van der Waals surface area (Å²) in [6.45, 7) is 8.58. The highest BCUT2D eigenvalue weighted by Gasteiger charge is 2.19. The first-order valence-corrected chi connectivity index (χ1v) is 10.3. The van der Waals surface area contributed by atoms with Crippen LogP contribution in [0.4, 0.5) is 5.69 Å². The molecule has 4 rings (SSSR count). The molecular weight excluding hydrogens is 356 g/mol. The molecule has 29 heavy (non-hydrogen) atoms. The molecule has 2 heterocycles. The summed E-state index contributed by atoms with van der Waals surface area (Å²) in [7, 11) is 0. The molecule has 0 amide bonds. The third-order valence-electron chi connectivity index (χ3n) is 5.44.